The van der Waals surface area contributed by atoms with E-state index in [0.29, 0.717) is 8.17 Å². The summed E-state index contributed by atoms with van der Waals surface area (Å²) >= 11 is 5.07. The lowest BCUT2D eigenvalue weighted by atomic mass is 10.3. The van der Waals surface area contributed by atoms with E-state index in [-0.39, 0.29) is 5.56 Å². The Morgan fingerprint density at radius 2 is 2.18 bits per heavy atom. The SMILES string of the molecule is FC(F)c1cnc(I)c(Br)c1. The van der Waals surface area contributed by atoms with Gasteiger partial charge in [0.25, 0.3) is 6.43 Å². The maximum absolute atomic E-state index is 12.0. The van der Waals surface area contributed by atoms with E-state index in [2.05, 4.69) is 20.9 Å². The van der Waals surface area contributed by atoms with Crippen LogP contribution in [0.5, 0.6) is 0 Å². The number of alkyl halides is 2. The maximum Gasteiger partial charge on any atom is 0.265 e. The van der Waals surface area contributed by atoms with E-state index >= 15 is 0 Å². The third kappa shape index (κ3) is 2.33. The second-order valence-electron chi connectivity index (χ2n) is 1.84. The van der Waals surface area contributed by atoms with Crippen LogP contribution in [-0.4, -0.2) is 4.98 Å². The predicted octanol–water partition coefficient (Wildman–Crippen LogP) is 3.39. The summed E-state index contributed by atoms with van der Waals surface area (Å²) in [4.78, 5) is 3.76. The molecule has 0 saturated carbocycles. The zero-order valence-electron chi connectivity index (χ0n) is 5.19. The molecule has 0 fully saturated rings. The monoisotopic (exact) mass is 333 g/mol. The van der Waals surface area contributed by atoms with Crippen LogP contribution in [0.4, 0.5) is 8.78 Å². The van der Waals surface area contributed by atoms with Crippen molar-refractivity contribution in [3.63, 3.8) is 0 Å². The minimum absolute atomic E-state index is 0.0581. The van der Waals surface area contributed by atoms with E-state index in [0.717, 1.165) is 0 Å². The third-order valence-corrected chi connectivity index (χ3v) is 3.27. The van der Waals surface area contributed by atoms with Gasteiger partial charge in [0, 0.05) is 16.2 Å². The Kier molecular flexibility index (Phi) is 3.17. The summed E-state index contributed by atoms with van der Waals surface area (Å²) in [6, 6.07) is 1.37. The van der Waals surface area contributed by atoms with Crippen molar-refractivity contribution in [3.8, 4) is 0 Å². The minimum atomic E-state index is -2.45. The van der Waals surface area contributed by atoms with Crippen LogP contribution in [0.1, 0.15) is 12.0 Å². The first-order valence-electron chi connectivity index (χ1n) is 2.70. The molecule has 60 valence electrons. The summed E-state index contributed by atoms with van der Waals surface area (Å²) < 4.78 is 25.3. The van der Waals surface area contributed by atoms with Crippen molar-refractivity contribution in [2.75, 3.05) is 0 Å². The summed E-state index contributed by atoms with van der Waals surface area (Å²) in [7, 11) is 0. The zero-order chi connectivity index (χ0) is 8.43. The number of hydrogen-bond donors (Lipinski definition) is 0. The number of rotatable bonds is 1. The van der Waals surface area contributed by atoms with Crippen LogP contribution in [0.3, 0.4) is 0 Å². The molecule has 1 aromatic rings. The van der Waals surface area contributed by atoms with Crippen molar-refractivity contribution in [2.24, 2.45) is 0 Å². The van der Waals surface area contributed by atoms with Crippen LogP contribution >= 0.6 is 38.5 Å². The summed E-state index contributed by atoms with van der Waals surface area (Å²) in [6.45, 7) is 0. The highest BCUT2D eigenvalue weighted by molar-refractivity contribution is 14.1. The lowest BCUT2D eigenvalue weighted by molar-refractivity contribution is 0.151. The Morgan fingerprint density at radius 3 is 2.64 bits per heavy atom. The van der Waals surface area contributed by atoms with Crippen LogP contribution in [-0.2, 0) is 0 Å². The largest absolute Gasteiger partial charge is 0.265 e. The summed E-state index contributed by atoms with van der Waals surface area (Å²) in [5.74, 6) is 0. The van der Waals surface area contributed by atoms with Crippen LogP contribution in [0.25, 0.3) is 0 Å². The first-order chi connectivity index (χ1) is 5.11. The Bertz CT molecular complexity index is 267. The number of halogens is 4. The Morgan fingerprint density at radius 1 is 1.55 bits per heavy atom. The maximum atomic E-state index is 12.0. The van der Waals surface area contributed by atoms with Gasteiger partial charge in [-0.1, -0.05) is 0 Å². The molecule has 0 amide bonds. The van der Waals surface area contributed by atoms with Gasteiger partial charge in [0.15, 0.2) is 0 Å². The van der Waals surface area contributed by atoms with Gasteiger partial charge in [-0.05, 0) is 44.6 Å². The van der Waals surface area contributed by atoms with E-state index < -0.39 is 6.43 Å². The van der Waals surface area contributed by atoms with Crippen molar-refractivity contribution < 1.29 is 8.78 Å². The van der Waals surface area contributed by atoms with Gasteiger partial charge in [-0.15, -0.1) is 0 Å². The molecule has 5 heteroatoms. The van der Waals surface area contributed by atoms with Gasteiger partial charge in [0.2, 0.25) is 0 Å². The third-order valence-electron chi connectivity index (χ3n) is 1.07. The average Bonchev–Trinajstić information content (AvgIpc) is 1.94. The van der Waals surface area contributed by atoms with Gasteiger partial charge in [-0.25, -0.2) is 13.8 Å². The lowest BCUT2D eigenvalue weighted by Gasteiger charge is -1.99. The second-order valence-corrected chi connectivity index (χ2v) is 3.72. The fraction of sp³-hybridized carbons (Fsp3) is 0.167. The molecule has 1 rings (SSSR count). The molecule has 11 heavy (non-hydrogen) atoms. The molecule has 0 N–H and O–H groups in total. The Hall–Kier alpha value is 0.220. The van der Waals surface area contributed by atoms with Gasteiger partial charge in [-0.3, -0.25) is 0 Å². The van der Waals surface area contributed by atoms with E-state index in [1.165, 1.54) is 12.3 Å². The Labute approximate surface area is 84.5 Å². The number of nitrogens with zero attached hydrogens (tertiary/aromatic N) is 1. The highest BCUT2D eigenvalue weighted by atomic mass is 127. The molecule has 1 heterocycles. The van der Waals surface area contributed by atoms with Crippen molar-refractivity contribution in [1.82, 2.24) is 4.98 Å². The van der Waals surface area contributed by atoms with Crippen molar-refractivity contribution in [1.29, 1.82) is 0 Å². The summed E-state index contributed by atoms with van der Waals surface area (Å²) in [5, 5.41) is 0. The Balaban J connectivity index is 3.05. The van der Waals surface area contributed by atoms with E-state index in [9.17, 15) is 8.78 Å². The fourth-order valence-electron chi connectivity index (χ4n) is 0.555. The molecule has 0 aromatic carbocycles. The fourth-order valence-corrected chi connectivity index (χ4v) is 1.22. The smallest absolute Gasteiger partial charge is 0.249 e. The minimum Gasteiger partial charge on any atom is -0.249 e. The van der Waals surface area contributed by atoms with Crippen molar-refractivity contribution >= 4 is 38.5 Å². The number of aromatic nitrogens is 1. The van der Waals surface area contributed by atoms with Crippen LogP contribution in [0, 0.1) is 3.70 Å². The number of pyridine rings is 1. The molecular weight excluding hydrogens is 331 g/mol. The van der Waals surface area contributed by atoms with Crippen LogP contribution < -0.4 is 0 Å². The highest BCUT2D eigenvalue weighted by Gasteiger charge is 2.08. The molecular formula is C6H3BrF2IN. The van der Waals surface area contributed by atoms with E-state index in [1.54, 1.807) is 0 Å². The lowest BCUT2D eigenvalue weighted by Crippen LogP contribution is -1.88. The van der Waals surface area contributed by atoms with Gasteiger partial charge >= 0.3 is 0 Å². The summed E-state index contributed by atoms with van der Waals surface area (Å²) in [5.41, 5.74) is -0.0581. The molecule has 0 aliphatic heterocycles. The molecule has 1 aromatic heterocycles. The number of hydrogen-bond acceptors (Lipinski definition) is 1. The van der Waals surface area contributed by atoms with E-state index in [1.807, 2.05) is 22.6 Å². The molecule has 0 atom stereocenters. The molecule has 1 nitrogen and oxygen atoms in total. The molecule has 0 radical (unpaired) electrons. The molecule has 0 aliphatic carbocycles. The van der Waals surface area contributed by atoms with Crippen LogP contribution in [0.2, 0.25) is 0 Å². The molecule has 0 aliphatic rings. The standard InChI is InChI=1S/C6H3BrF2IN/c7-4-1-3(5(8)9)2-11-6(4)10/h1-2,5H. The average molecular weight is 334 g/mol. The molecule has 0 bridgehead atoms. The van der Waals surface area contributed by atoms with Crippen molar-refractivity contribution in [2.45, 2.75) is 6.43 Å². The topological polar surface area (TPSA) is 12.9 Å². The van der Waals surface area contributed by atoms with Gasteiger partial charge in [0.05, 0.1) is 0 Å². The summed E-state index contributed by atoms with van der Waals surface area (Å²) in [6.07, 6.45) is -1.27. The van der Waals surface area contributed by atoms with Gasteiger partial charge in [-0.2, -0.15) is 0 Å². The van der Waals surface area contributed by atoms with Crippen molar-refractivity contribution in [3.05, 3.63) is 26.0 Å². The predicted molar refractivity (Wildman–Crippen MR) is 49.6 cm³/mol. The zero-order valence-corrected chi connectivity index (χ0v) is 8.93. The normalized spacial score (nSPS) is 10.6. The van der Waals surface area contributed by atoms with Gasteiger partial charge in [0.1, 0.15) is 3.70 Å². The highest BCUT2D eigenvalue weighted by Crippen LogP contribution is 2.23. The molecule has 0 unspecified atom stereocenters. The first kappa shape index (κ1) is 9.31. The van der Waals surface area contributed by atoms with Gasteiger partial charge < -0.3 is 0 Å². The second kappa shape index (κ2) is 3.75. The molecule has 0 saturated heterocycles. The molecule has 0 spiro atoms. The quantitative estimate of drug-likeness (QED) is 0.567. The first-order valence-corrected chi connectivity index (χ1v) is 4.57. The van der Waals surface area contributed by atoms with Crippen LogP contribution in [0.15, 0.2) is 16.7 Å². The van der Waals surface area contributed by atoms with E-state index in [4.69, 9.17) is 0 Å².